The second kappa shape index (κ2) is 8.07. The van der Waals surface area contributed by atoms with E-state index in [1.807, 2.05) is 59.6 Å². The number of H-pyrrole nitrogens is 1. The average Bonchev–Trinajstić information content (AvgIpc) is 3.10. The van der Waals surface area contributed by atoms with Crippen LogP contribution in [-0.2, 0) is 16.0 Å². The number of piperidine rings is 1. The molecule has 1 saturated heterocycles. The quantitative estimate of drug-likeness (QED) is 0.693. The van der Waals surface area contributed by atoms with Crippen LogP contribution >= 0.6 is 11.6 Å². The summed E-state index contributed by atoms with van der Waals surface area (Å²) in [5, 5.41) is 4.57. The average molecular weight is 396 g/mol. The Bertz CT molecular complexity index is 999. The number of hydrogen-bond acceptors (Lipinski definition) is 2. The molecule has 1 fully saturated rings. The fraction of sp³-hybridized carbons (Fsp3) is 0.273. The van der Waals surface area contributed by atoms with Gasteiger partial charge in [-0.3, -0.25) is 9.59 Å². The van der Waals surface area contributed by atoms with Gasteiger partial charge in [0.2, 0.25) is 11.8 Å². The van der Waals surface area contributed by atoms with Gasteiger partial charge in [-0.15, -0.1) is 0 Å². The van der Waals surface area contributed by atoms with Crippen molar-refractivity contribution in [2.24, 2.45) is 5.92 Å². The Morgan fingerprint density at radius 2 is 2.00 bits per heavy atom. The number of rotatable bonds is 4. The smallest absolute Gasteiger partial charge is 0.229 e. The van der Waals surface area contributed by atoms with Crippen LogP contribution in [0.15, 0.2) is 54.7 Å². The number of amides is 2. The molecule has 2 heterocycles. The zero-order valence-corrected chi connectivity index (χ0v) is 16.2. The van der Waals surface area contributed by atoms with Gasteiger partial charge >= 0.3 is 0 Å². The third-order valence-electron chi connectivity index (χ3n) is 5.26. The summed E-state index contributed by atoms with van der Waals surface area (Å²) in [6.45, 7) is 1.15. The second-order valence-electron chi connectivity index (χ2n) is 7.21. The number of anilines is 1. The molecule has 0 radical (unpaired) electrons. The molecule has 1 aromatic heterocycles. The third-order valence-corrected chi connectivity index (χ3v) is 5.49. The number of para-hydroxylation sites is 1. The Balaban J connectivity index is 1.41. The van der Waals surface area contributed by atoms with Crippen LogP contribution in [0.4, 0.5) is 5.69 Å². The first-order chi connectivity index (χ1) is 13.6. The summed E-state index contributed by atoms with van der Waals surface area (Å²) in [6.07, 6.45) is 3.79. The zero-order chi connectivity index (χ0) is 19.5. The van der Waals surface area contributed by atoms with Gasteiger partial charge in [-0.25, -0.2) is 0 Å². The first-order valence-electron chi connectivity index (χ1n) is 9.49. The van der Waals surface area contributed by atoms with E-state index in [0.29, 0.717) is 24.5 Å². The van der Waals surface area contributed by atoms with Gasteiger partial charge in [0.15, 0.2) is 0 Å². The minimum Gasteiger partial charge on any atom is -0.361 e. The topological polar surface area (TPSA) is 65.2 Å². The Labute approximate surface area is 168 Å². The lowest BCUT2D eigenvalue weighted by Crippen LogP contribution is -2.44. The van der Waals surface area contributed by atoms with Crippen LogP contribution in [0, 0.1) is 5.92 Å². The van der Waals surface area contributed by atoms with Crippen molar-refractivity contribution in [3.63, 3.8) is 0 Å². The number of aromatic nitrogens is 1. The van der Waals surface area contributed by atoms with Crippen LogP contribution in [0.1, 0.15) is 18.4 Å². The number of nitrogens with one attached hydrogen (secondary N) is 2. The van der Waals surface area contributed by atoms with E-state index in [4.69, 9.17) is 11.6 Å². The molecule has 4 rings (SSSR count). The van der Waals surface area contributed by atoms with Crippen molar-refractivity contribution >= 4 is 40.0 Å². The molecular weight excluding hydrogens is 374 g/mol. The Morgan fingerprint density at radius 3 is 2.82 bits per heavy atom. The van der Waals surface area contributed by atoms with E-state index >= 15 is 0 Å². The minimum absolute atomic E-state index is 0.0254. The monoisotopic (exact) mass is 395 g/mol. The number of carbonyl (C=O) groups is 2. The Kier molecular flexibility index (Phi) is 5.35. The van der Waals surface area contributed by atoms with Crippen LogP contribution in [0.25, 0.3) is 10.9 Å². The van der Waals surface area contributed by atoms with Gasteiger partial charge in [0, 0.05) is 40.9 Å². The summed E-state index contributed by atoms with van der Waals surface area (Å²) in [5.74, 6) is -0.170. The molecule has 1 unspecified atom stereocenters. The third kappa shape index (κ3) is 4.04. The number of fused-ring (bicyclic) bond motifs is 1. The number of benzene rings is 2. The highest BCUT2D eigenvalue weighted by Crippen LogP contribution is 2.24. The molecule has 28 heavy (non-hydrogen) atoms. The lowest BCUT2D eigenvalue weighted by atomic mass is 9.96. The summed E-state index contributed by atoms with van der Waals surface area (Å²) >= 11 is 6.10. The van der Waals surface area contributed by atoms with Gasteiger partial charge in [-0.1, -0.05) is 29.8 Å². The molecule has 5 nitrogen and oxygen atoms in total. The van der Waals surface area contributed by atoms with E-state index in [2.05, 4.69) is 10.3 Å². The van der Waals surface area contributed by atoms with E-state index in [1.165, 1.54) is 0 Å². The van der Waals surface area contributed by atoms with Crippen LogP contribution in [0.3, 0.4) is 0 Å². The maximum Gasteiger partial charge on any atom is 0.229 e. The van der Waals surface area contributed by atoms with Crippen molar-refractivity contribution in [2.75, 3.05) is 18.4 Å². The van der Waals surface area contributed by atoms with Gasteiger partial charge in [0.05, 0.1) is 12.3 Å². The zero-order valence-electron chi connectivity index (χ0n) is 15.5. The molecule has 0 bridgehead atoms. The van der Waals surface area contributed by atoms with Crippen LogP contribution < -0.4 is 5.32 Å². The Morgan fingerprint density at radius 1 is 1.18 bits per heavy atom. The maximum atomic E-state index is 12.9. The van der Waals surface area contributed by atoms with E-state index < -0.39 is 0 Å². The summed E-state index contributed by atoms with van der Waals surface area (Å²) in [6, 6.07) is 15.0. The molecule has 2 N–H and O–H groups in total. The van der Waals surface area contributed by atoms with Crippen molar-refractivity contribution in [3.05, 3.63) is 65.3 Å². The fourth-order valence-corrected chi connectivity index (χ4v) is 3.93. The van der Waals surface area contributed by atoms with E-state index in [0.717, 1.165) is 35.0 Å². The van der Waals surface area contributed by atoms with Crippen LogP contribution in [0.2, 0.25) is 5.02 Å². The second-order valence-corrected chi connectivity index (χ2v) is 7.65. The molecule has 0 aliphatic carbocycles. The lowest BCUT2D eigenvalue weighted by molar-refractivity contribution is -0.133. The van der Waals surface area contributed by atoms with Crippen molar-refractivity contribution in [3.8, 4) is 0 Å². The summed E-state index contributed by atoms with van der Waals surface area (Å²) < 4.78 is 0. The van der Waals surface area contributed by atoms with Crippen molar-refractivity contribution in [1.29, 1.82) is 0 Å². The highest BCUT2D eigenvalue weighted by molar-refractivity contribution is 6.31. The summed E-state index contributed by atoms with van der Waals surface area (Å²) in [5.41, 5.74) is 2.68. The fourth-order valence-electron chi connectivity index (χ4n) is 3.76. The summed E-state index contributed by atoms with van der Waals surface area (Å²) in [4.78, 5) is 30.5. The minimum atomic E-state index is -0.185. The molecule has 1 aliphatic heterocycles. The van der Waals surface area contributed by atoms with Crippen LogP contribution in [-0.4, -0.2) is 34.8 Å². The molecule has 6 heteroatoms. The molecule has 0 spiro atoms. The van der Waals surface area contributed by atoms with Crippen molar-refractivity contribution in [2.45, 2.75) is 19.3 Å². The molecular formula is C22H22ClN3O2. The highest BCUT2D eigenvalue weighted by atomic mass is 35.5. The molecule has 1 atom stereocenters. The van der Waals surface area contributed by atoms with E-state index in [9.17, 15) is 9.59 Å². The van der Waals surface area contributed by atoms with E-state index in [-0.39, 0.29) is 17.7 Å². The van der Waals surface area contributed by atoms with Crippen LogP contribution in [0.5, 0.6) is 0 Å². The number of hydrogen-bond donors (Lipinski definition) is 2. The van der Waals surface area contributed by atoms with Gasteiger partial charge in [0.1, 0.15) is 0 Å². The highest BCUT2D eigenvalue weighted by Gasteiger charge is 2.28. The van der Waals surface area contributed by atoms with Crippen molar-refractivity contribution in [1.82, 2.24) is 9.88 Å². The molecule has 2 aromatic carbocycles. The normalized spacial score (nSPS) is 16.9. The SMILES string of the molecule is O=C(Nc1ccccc1)C1CCCN(C(=O)Cc2c[nH]c3ccc(Cl)cc23)C1. The van der Waals surface area contributed by atoms with E-state index in [1.54, 1.807) is 0 Å². The first-order valence-corrected chi connectivity index (χ1v) is 9.87. The molecule has 144 valence electrons. The Hall–Kier alpha value is -2.79. The molecule has 0 saturated carbocycles. The van der Waals surface area contributed by atoms with Gasteiger partial charge in [-0.05, 0) is 48.7 Å². The molecule has 2 amide bonds. The number of carbonyl (C=O) groups excluding carboxylic acids is 2. The number of halogens is 1. The van der Waals surface area contributed by atoms with Gasteiger partial charge < -0.3 is 15.2 Å². The maximum absolute atomic E-state index is 12.9. The summed E-state index contributed by atoms with van der Waals surface area (Å²) in [7, 11) is 0. The lowest BCUT2D eigenvalue weighted by Gasteiger charge is -2.32. The predicted molar refractivity (Wildman–Crippen MR) is 111 cm³/mol. The predicted octanol–water partition coefficient (Wildman–Crippen LogP) is 4.24. The largest absolute Gasteiger partial charge is 0.361 e. The molecule has 3 aromatic rings. The number of likely N-dealkylation sites (tertiary alicyclic amines) is 1. The molecule has 1 aliphatic rings. The van der Waals surface area contributed by atoms with Gasteiger partial charge in [0.25, 0.3) is 0 Å². The van der Waals surface area contributed by atoms with Gasteiger partial charge in [-0.2, -0.15) is 0 Å². The number of nitrogens with zero attached hydrogens (tertiary/aromatic N) is 1. The standard InChI is InChI=1S/C22H22ClN3O2/c23-17-8-9-20-19(12-17)16(13-24-20)11-21(27)26-10-4-5-15(14-26)22(28)25-18-6-2-1-3-7-18/h1-3,6-9,12-13,15,24H,4-5,10-11,14H2,(H,25,28). The first kappa shape index (κ1) is 18.6. The number of aromatic amines is 1. The van der Waals surface area contributed by atoms with Crippen molar-refractivity contribution < 1.29 is 9.59 Å².